The number of hydrogen-bond acceptors (Lipinski definition) is 8. The lowest BCUT2D eigenvalue weighted by Gasteiger charge is -2.24. The van der Waals surface area contributed by atoms with E-state index in [1.165, 1.54) is 0 Å². The second kappa shape index (κ2) is 16.2. The maximum absolute atomic E-state index is 13.8. The molecule has 0 saturated heterocycles. The van der Waals surface area contributed by atoms with Gasteiger partial charge in [-0.15, -0.1) is 13.2 Å². The molecule has 0 unspecified atom stereocenters. The van der Waals surface area contributed by atoms with Crippen LogP contribution in [0.1, 0.15) is 57.6 Å². The fourth-order valence-electron chi connectivity index (χ4n) is 5.60. The van der Waals surface area contributed by atoms with Crippen LogP contribution in [0.5, 0.6) is 11.5 Å². The van der Waals surface area contributed by atoms with E-state index in [0.717, 1.165) is 36.8 Å². The summed E-state index contributed by atoms with van der Waals surface area (Å²) in [5.74, 6) is -0.239. The average Bonchev–Trinajstić information content (AvgIpc) is 3.61. The van der Waals surface area contributed by atoms with Crippen LogP contribution in [0.3, 0.4) is 0 Å². The molecule has 2 amide bonds. The molecule has 1 saturated carbocycles. The number of pyridine rings is 1. The Morgan fingerprint density at radius 2 is 2.00 bits per heavy atom. The van der Waals surface area contributed by atoms with E-state index in [1.54, 1.807) is 42.8 Å². The van der Waals surface area contributed by atoms with Crippen LogP contribution >= 0.6 is 0 Å². The lowest BCUT2D eigenvalue weighted by Crippen LogP contribution is -2.49. The van der Waals surface area contributed by atoms with Gasteiger partial charge in [-0.2, -0.15) is 5.10 Å². The van der Waals surface area contributed by atoms with Crippen molar-refractivity contribution in [2.75, 3.05) is 33.9 Å². The zero-order valence-electron chi connectivity index (χ0n) is 28.0. The SMILES string of the molecule is C=CCCCCCN(C)C(=O)C[C@@H](CCOc1cc(-n2ccc(C)n2)nc2cc(OC)ccc12)C(=O)N[C@]1(C(=O)OCC)C[C@H]1C=C. The Hall–Kier alpha value is -4.67. The van der Waals surface area contributed by atoms with Gasteiger partial charge in [-0.3, -0.25) is 9.59 Å². The highest BCUT2D eigenvalue weighted by Gasteiger charge is 2.61. The van der Waals surface area contributed by atoms with Crippen LogP contribution < -0.4 is 14.8 Å². The zero-order valence-corrected chi connectivity index (χ0v) is 28.0. The highest BCUT2D eigenvalue weighted by atomic mass is 16.5. The first kappa shape index (κ1) is 35.2. The smallest absolute Gasteiger partial charge is 0.332 e. The second-order valence-corrected chi connectivity index (χ2v) is 12.0. The molecular weight excluding hydrogens is 598 g/mol. The molecule has 0 bridgehead atoms. The summed E-state index contributed by atoms with van der Waals surface area (Å²) < 4.78 is 18.7. The number of nitrogens with one attached hydrogen (secondary N) is 1. The van der Waals surface area contributed by atoms with Crippen molar-refractivity contribution >= 4 is 28.7 Å². The summed E-state index contributed by atoms with van der Waals surface area (Å²) in [6, 6.07) is 9.21. The van der Waals surface area contributed by atoms with Gasteiger partial charge in [0.1, 0.15) is 17.0 Å². The number of carbonyl (C=O) groups excluding carboxylic acids is 3. The Morgan fingerprint density at radius 3 is 2.66 bits per heavy atom. The summed E-state index contributed by atoms with van der Waals surface area (Å²) in [7, 11) is 3.35. The van der Waals surface area contributed by atoms with Gasteiger partial charge < -0.3 is 24.4 Å². The summed E-state index contributed by atoms with van der Waals surface area (Å²) in [5, 5.41) is 8.19. The average molecular weight is 646 g/mol. The standard InChI is InChI=1S/C36H47N5O6/c1-7-10-11-12-13-18-40(5)33(42)21-26(34(43)38-36(24-27(36)8-2)35(44)46-9-3)17-20-47-31-23-32(41-19-16-25(4)39-41)37-30-22-28(45-6)14-15-29(30)31/h7-8,14-16,19,22-23,26-27H,1-2,9-13,17-18,20-21,24H2,3-6H3,(H,38,43)/t26-,27-,36-/m1/s1. The van der Waals surface area contributed by atoms with Crippen molar-refractivity contribution in [3.8, 4) is 17.3 Å². The number of methoxy groups -OCH3 is 1. The second-order valence-electron chi connectivity index (χ2n) is 12.0. The van der Waals surface area contributed by atoms with Crippen molar-refractivity contribution in [1.29, 1.82) is 0 Å². The van der Waals surface area contributed by atoms with E-state index >= 15 is 0 Å². The number of nitrogens with zero attached hydrogens (tertiary/aromatic N) is 4. The van der Waals surface area contributed by atoms with Gasteiger partial charge in [0.25, 0.3) is 0 Å². The van der Waals surface area contributed by atoms with Crippen LogP contribution in [0.2, 0.25) is 0 Å². The van der Waals surface area contributed by atoms with Crippen LogP contribution in [0.4, 0.5) is 0 Å². The first-order chi connectivity index (χ1) is 22.6. The minimum absolute atomic E-state index is 0.0257. The molecule has 1 aliphatic carbocycles. The third-order valence-electron chi connectivity index (χ3n) is 8.55. The van der Waals surface area contributed by atoms with Gasteiger partial charge in [-0.1, -0.05) is 18.6 Å². The fourth-order valence-corrected chi connectivity index (χ4v) is 5.60. The summed E-state index contributed by atoms with van der Waals surface area (Å²) >= 11 is 0. The molecule has 1 N–H and O–H groups in total. The minimum atomic E-state index is -1.16. The number of aryl methyl sites for hydroxylation is 1. The number of esters is 1. The first-order valence-corrected chi connectivity index (χ1v) is 16.3. The van der Waals surface area contributed by atoms with E-state index in [0.29, 0.717) is 35.8 Å². The predicted octanol–water partition coefficient (Wildman–Crippen LogP) is 5.34. The van der Waals surface area contributed by atoms with Gasteiger partial charge in [0, 0.05) is 55.6 Å². The third kappa shape index (κ3) is 8.78. The van der Waals surface area contributed by atoms with E-state index < -0.39 is 23.3 Å². The minimum Gasteiger partial charge on any atom is -0.497 e. The highest BCUT2D eigenvalue weighted by Crippen LogP contribution is 2.45. The molecule has 0 radical (unpaired) electrons. The molecule has 252 valence electrons. The molecule has 1 aromatic carbocycles. The molecule has 2 aromatic heterocycles. The van der Waals surface area contributed by atoms with E-state index in [9.17, 15) is 14.4 Å². The Balaban J connectivity index is 1.53. The van der Waals surface area contributed by atoms with Crippen molar-refractivity contribution in [3.05, 3.63) is 67.5 Å². The van der Waals surface area contributed by atoms with Crippen molar-refractivity contribution < 1.29 is 28.6 Å². The van der Waals surface area contributed by atoms with Crippen LogP contribution in [-0.4, -0.2) is 76.9 Å². The van der Waals surface area contributed by atoms with E-state index in [-0.39, 0.29) is 37.9 Å². The summed E-state index contributed by atoms with van der Waals surface area (Å²) in [6.45, 7) is 12.1. The molecule has 3 aromatic rings. The number of benzene rings is 1. The quantitative estimate of drug-likeness (QED) is 0.105. The molecule has 2 heterocycles. The summed E-state index contributed by atoms with van der Waals surface area (Å²) in [4.78, 5) is 46.5. The molecule has 1 fully saturated rings. The maximum Gasteiger partial charge on any atom is 0.332 e. The van der Waals surface area contributed by atoms with Crippen LogP contribution in [0.15, 0.2) is 61.8 Å². The van der Waals surface area contributed by atoms with Crippen molar-refractivity contribution in [1.82, 2.24) is 25.0 Å². The predicted molar refractivity (Wildman–Crippen MR) is 180 cm³/mol. The summed E-state index contributed by atoms with van der Waals surface area (Å²) in [5.41, 5.74) is 0.338. The molecule has 0 spiro atoms. The number of allylic oxidation sites excluding steroid dienone is 1. The number of ether oxygens (including phenoxy) is 3. The zero-order chi connectivity index (χ0) is 34.0. The molecule has 47 heavy (non-hydrogen) atoms. The summed E-state index contributed by atoms with van der Waals surface area (Å²) in [6.07, 6.45) is 9.80. The Morgan fingerprint density at radius 1 is 1.19 bits per heavy atom. The lowest BCUT2D eigenvalue weighted by molar-refractivity contribution is -0.149. The Kier molecular flexibility index (Phi) is 12.2. The van der Waals surface area contributed by atoms with Gasteiger partial charge in [0.05, 0.1) is 31.5 Å². The molecule has 0 aliphatic heterocycles. The van der Waals surface area contributed by atoms with E-state index in [1.807, 2.05) is 43.5 Å². The van der Waals surface area contributed by atoms with Crippen molar-refractivity contribution in [2.24, 2.45) is 11.8 Å². The van der Waals surface area contributed by atoms with Crippen LogP contribution in [0, 0.1) is 18.8 Å². The number of aromatic nitrogens is 3. The molecule has 11 nitrogen and oxygen atoms in total. The number of carbonyl (C=O) groups is 3. The number of amides is 2. The molecule has 4 rings (SSSR count). The highest BCUT2D eigenvalue weighted by molar-refractivity contribution is 5.94. The molecule has 1 aliphatic rings. The van der Waals surface area contributed by atoms with Gasteiger partial charge in [-0.05, 0) is 64.2 Å². The maximum atomic E-state index is 13.8. The lowest BCUT2D eigenvalue weighted by atomic mass is 9.98. The van der Waals surface area contributed by atoms with Gasteiger partial charge in [0.15, 0.2) is 5.82 Å². The Bertz CT molecular complexity index is 1590. The van der Waals surface area contributed by atoms with E-state index in [4.69, 9.17) is 19.2 Å². The number of unbranched alkanes of at least 4 members (excludes halogenated alkanes) is 3. The Labute approximate surface area is 277 Å². The topological polar surface area (TPSA) is 125 Å². The van der Waals surface area contributed by atoms with Crippen LogP contribution in [-0.2, 0) is 19.1 Å². The monoisotopic (exact) mass is 645 g/mol. The third-order valence-corrected chi connectivity index (χ3v) is 8.55. The first-order valence-electron chi connectivity index (χ1n) is 16.3. The molecular formula is C36H47N5O6. The largest absolute Gasteiger partial charge is 0.497 e. The number of fused-ring (bicyclic) bond motifs is 1. The van der Waals surface area contributed by atoms with Crippen molar-refractivity contribution in [2.45, 2.75) is 64.3 Å². The van der Waals surface area contributed by atoms with E-state index in [2.05, 4.69) is 23.6 Å². The fraction of sp³-hybridized carbons (Fsp3) is 0.472. The van der Waals surface area contributed by atoms with Crippen molar-refractivity contribution in [3.63, 3.8) is 0 Å². The normalized spacial score (nSPS) is 17.4. The number of hydrogen-bond donors (Lipinski definition) is 1. The van der Waals surface area contributed by atoms with Crippen LogP contribution in [0.25, 0.3) is 16.7 Å². The molecule has 11 heteroatoms. The van der Waals surface area contributed by atoms with Gasteiger partial charge in [0.2, 0.25) is 11.8 Å². The van der Waals surface area contributed by atoms with Gasteiger partial charge >= 0.3 is 5.97 Å². The van der Waals surface area contributed by atoms with Gasteiger partial charge in [-0.25, -0.2) is 14.5 Å². The molecule has 3 atom stereocenters. The number of rotatable bonds is 19.